The molecule has 0 saturated heterocycles. The van der Waals surface area contributed by atoms with Crippen molar-refractivity contribution in [3.8, 4) is 0 Å². The maximum atomic E-state index is 6.75. The Kier molecular flexibility index (Phi) is 6.82. The molecule has 2 heterocycles. The van der Waals surface area contributed by atoms with Gasteiger partial charge < -0.3 is 0 Å². The van der Waals surface area contributed by atoms with Crippen LogP contribution in [0.2, 0.25) is 0 Å². The van der Waals surface area contributed by atoms with E-state index < -0.39 is 8.11 Å². The Morgan fingerprint density at radius 1 is 0.850 bits per heavy atom. The first-order valence-corrected chi connectivity index (χ1v) is 11.6. The van der Waals surface area contributed by atoms with Crippen molar-refractivity contribution in [3.05, 3.63) is 34.0 Å². The number of unbranched alkanes of at least 4 members (excludes halogenated alkanes) is 2. The summed E-state index contributed by atoms with van der Waals surface area (Å²) in [6, 6.07) is 9.05. The lowest BCUT2D eigenvalue weighted by atomic mass is 10.2. The fraction of sp³-hybridized carbons (Fsp3) is 0.500. The van der Waals surface area contributed by atoms with Gasteiger partial charge in [-0.05, 0) is 49.9 Å². The Labute approximate surface area is 137 Å². The molecule has 0 aliphatic heterocycles. The maximum absolute atomic E-state index is 6.75. The summed E-state index contributed by atoms with van der Waals surface area (Å²) in [5.74, 6) is 0. The fourth-order valence-corrected chi connectivity index (χ4v) is 7.82. The van der Waals surface area contributed by atoms with E-state index in [1.807, 2.05) is 22.7 Å². The van der Waals surface area contributed by atoms with Crippen molar-refractivity contribution < 1.29 is 0 Å². The molecule has 4 heteroatoms. The lowest BCUT2D eigenvalue weighted by Crippen LogP contribution is -2.32. The Morgan fingerprint density at radius 3 is 1.70 bits per heavy atom. The van der Waals surface area contributed by atoms with Crippen molar-refractivity contribution in [3.63, 3.8) is 0 Å². The molecule has 0 bridgehead atoms. The number of hydrogen-bond acceptors (Lipinski definition) is 2. The topological polar surface area (TPSA) is 0 Å². The monoisotopic (exact) mass is 341 g/mol. The quantitative estimate of drug-likeness (QED) is 0.476. The summed E-state index contributed by atoms with van der Waals surface area (Å²) in [5.41, 5.74) is 0. The van der Waals surface area contributed by atoms with Crippen LogP contribution in [0.4, 0.5) is 0 Å². The molecule has 0 unspecified atom stereocenters. The van der Waals surface area contributed by atoms with E-state index in [1.165, 1.54) is 57.3 Å². The van der Waals surface area contributed by atoms with E-state index in [2.05, 4.69) is 38.1 Å². The fourth-order valence-electron chi connectivity index (χ4n) is 2.08. The average Bonchev–Trinajstić information content (AvgIpc) is 3.11. The second-order valence-electron chi connectivity index (χ2n) is 5.05. The molecule has 0 fully saturated rings. The Hall–Kier alpha value is -0.0931. The summed E-state index contributed by atoms with van der Waals surface area (Å²) in [4.78, 5) is 2.99. The van der Waals surface area contributed by atoms with Crippen LogP contribution in [0.25, 0.3) is 0 Å². The maximum Gasteiger partial charge on any atom is 0.528 e. The van der Waals surface area contributed by atoms with Gasteiger partial charge in [0.15, 0.2) is 9.00 Å². The summed E-state index contributed by atoms with van der Waals surface area (Å²) in [6.45, 7) is 4.49. The highest BCUT2D eigenvalue weighted by Crippen LogP contribution is 2.16. The molecular weight excluding hydrogens is 320 g/mol. The third kappa shape index (κ3) is 4.45. The molecule has 0 nitrogen and oxygen atoms in total. The highest BCUT2D eigenvalue weighted by molar-refractivity contribution is 7.42. The molecule has 0 aliphatic rings. The zero-order chi connectivity index (χ0) is 14.4. The van der Waals surface area contributed by atoms with Gasteiger partial charge in [-0.3, -0.25) is 0 Å². The Morgan fingerprint density at radius 2 is 1.30 bits per heavy atom. The van der Waals surface area contributed by atoms with E-state index in [9.17, 15) is 0 Å². The minimum Gasteiger partial charge on any atom is -0.110 e. The number of aryl methyl sites for hydroxylation is 2. The standard InChI is InChI=1S/C16H22ClS2Si/c1-3-5-7-13-9-11-15(18-13)20(17)16-12-10-14(19-16)8-6-4-2/h9-12H,3-8H2,1-2H3/q+1. The third-order valence-corrected chi connectivity index (χ3v) is 10.2. The summed E-state index contributed by atoms with van der Waals surface area (Å²) in [5, 5.41) is 0. The van der Waals surface area contributed by atoms with Crippen LogP contribution in [-0.2, 0) is 12.8 Å². The molecule has 0 atom stereocenters. The molecule has 0 N–H and O–H groups in total. The third-order valence-electron chi connectivity index (χ3n) is 3.31. The SMILES string of the molecule is CCCCc1ccc([Si+](Cl)c2ccc(CCCC)s2)s1. The lowest BCUT2D eigenvalue weighted by molar-refractivity contribution is 0.804. The molecule has 108 valence electrons. The average molecular weight is 342 g/mol. The molecule has 2 rings (SSSR count). The van der Waals surface area contributed by atoms with Crippen molar-refractivity contribution in [2.75, 3.05) is 0 Å². The highest BCUT2D eigenvalue weighted by atomic mass is 35.6. The first-order chi connectivity index (χ1) is 9.74. The van der Waals surface area contributed by atoms with Crippen LogP contribution < -0.4 is 9.00 Å². The summed E-state index contributed by atoms with van der Waals surface area (Å²) in [7, 11) is -1.04. The van der Waals surface area contributed by atoms with Gasteiger partial charge in [0.1, 0.15) is 0 Å². The van der Waals surface area contributed by atoms with Gasteiger partial charge in [-0.1, -0.05) is 26.7 Å². The van der Waals surface area contributed by atoms with Gasteiger partial charge in [0.05, 0.1) is 11.1 Å². The number of thiophene rings is 2. The predicted octanol–water partition coefficient (Wildman–Crippen LogP) is 4.84. The molecule has 0 saturated carbocycles. The zero-order valence-electron chi connectivity index (χ0n) is 12.2. The molecule has 0 radical (unpaired) electrons. The van der Waals surface area contributed by atoms with Gasteiger partial charge in [0.25, 0.3) is 0 Å². The Balaban J connectivity index is 2.00. The van der Waals surface area contributed by atoms with E-state index in [0.717, 1.165) is 0 Å². The van der Waals surface area contributed by atoms with Crippen molar-refractivity contribution in [1.82, 2.24) is 0 Å². The first-order valence-electron chi connectivity index (χ1n) is 7.45. The van der Waals surface area contributed by atoms with Crippen LogP contribution in [-0.4, -0.2) is 8.11 Å². The normalized spacial score (nSPS) is 10.9. The van der Waals surface area contributed by atoms with Crippen LogP contribution in [0.15, 0.2) is 24.3 Å². The van der Waals surface area contributed by atoms with Crippen LogP contribution in [0.5, 0.6) is 0 Å². The van der Waals surface area contributed by atoms with Crippen molar-refractivity contribution in [2.24, 2.45) is 0 Å². The lowest BCUT2D eigenvalue weighted by Gasteiger charge is -1.92. The smallest absolute Gasteiger partial charge is 0.110 e. The van der Waals surface area contributed by atoms with E-state index in [1.54, 1.807) is 0 Å². The van der Waals surface area contributed by atoms with Gasteiger partial charge in [0, 0.05) is 9.75 Å². The van der Waals surface area contributed by atoms with Gasteiger partial charge in [-0.15, -0.1) is 22.7 Å². The van der Waals surface area contributed by atoms with Crippen LogP contribution in [0, 0.1) is 0 Å². The van der Waals surface area contributed by atoms with E-state index in [-0.39, 0.29) is 0 Å². The van der Waals surface area contributed by atoms with E-state index >= 15 is 0 Å². The molecule has 2 aromatic rings. The molecule has 20 heavy (non-hydrogen) atoms. The van der Waals surface area contributed by atoms with E-state index in [4.69, 9.17) is 11.1 Å². The molecular formula is C16H22ClS2Si+. The molecule has 0 spiro atoms. The summed E-state index contributed by atoms with van der Waals surface area (Å²) in [6.07, 6.45) is 7.50. The highest BCUT2D eigenvalue weighted by Gasteiger charge is 2.35. The van der Waals surface area contributed by atoms with Crippen LogP contribution in [0.1, 0.15) is 49.3 Å². The van der Waals surface area contributed by atoms with Gasteiger partial charge in [-0.25, -0.2) is 0 Å². The first kappa shape index (κ1) is 16.3. The second-order valence-corrected chi connectivity index (χ2v) is 11.0. The van der Waals surface area contributed by atoms with E-state index in [0.29, 0.717) is 0 Å². The number of rotatable bonds is 8. The largest absolute Gasteiger partial charge is 0.528 e. The minimum absolute atomic E-state index is 1.04. The molecule has 2 aromatic heterocycles. The van der Waals surface area contributed by atoms with Crippen molar-refractivity contribution >= 4 is 50.9 Å². The van der Waals surface area contributed by atoms with Crippen molar-refractivity contribution in [1.29, 1.82) is 0 Å². The van der Waals surface area contributed by atoms with Gasteiger partial charge in [-0.2, -0.15) is 0 Å². The summed E-state index contributed by atoms with van der Waals surface area (Å²) < 4.78 is 2.79. The van der Waals surface area contributed by atoms with Crippen LogP contribution in [0.3, 0.4) is 0 Å². The summed E-state index contributed by atoms with van der Waals surface area (Å²) >= 11 is 10.6. The second kappa shape index (κ2) is 8.37. The number of hydrogen-bond donors (Lipinski definition) is 0. The van der Waals surface area contributed by atoms with Crippen molar-refractivity contribution in [2.45, 2.75) is 52.4 Å². The number of halogens is 1. The molecule has 0 aromatic carbocycles. The van der Waals surface area contributed by atoms with Crippen LogP contribution >= 0.6 is 33.8 Å². The van der Waals surface area contributed by atoms with Gasteiger partial charge in [0.2, 0.25) is 0 Å². The van der Waals surface area contributed by atoms with Gasteiger partial charge >= 0.3 is 8.11 Å². The zero-order valence-corrected chi connectivity index (χ0v) is 15.6. The molecule has 0 amide bonds. The predicted molar refractivity (Wildman–Crippen MR) is 96.7 cm³/mol. The molecule has 0 aliphatic carbocycles. The Bertz CT molecular complexity index is 472. The minimum atomic E-state index is -1.04.